The average Bonchev–Trinajstić information content (AvgIpc) is 2.46. The third-order valence-corrected chi connectivity index (χ3v) is 3.80. The molecule has 2 N–H and O–H groups in total. The van der Waals surface area contributed by atoms with Gasteiger partial charge in [-0.1, -0.05) is 19.1 Å². The smallest absolute Gasteiger partial charge is 0.319 e. The van der Waals surface area contributed by atoms with Gasteiger partial charge in [-0.15, -0.1) is 0 Å². The van der Waals surface area contributed by atoms with Gasteiger partial charge in [0.15, 0.2) is 0 Å². The van der Waals surface area contributed by atoms with Crippen LogP contribution in [0.3, 0.4) is 0 Å². The minimum Gasteiger partial charge on any atom is -0.373 e. The van der Waals surface area contributed by atoms with Gasteiger partial charge in [0.25, 0.3) is 0 Å². The van der Waals surface area contributed by atoms with Crippen LogP contribution >= 0.6 is 0 Å². The van der Waals surface area contributed by atoms with Crippen molar-refractivity contribution in [3.63, 3.8) is 0 Å². The minimum atomic E-state index is -0.150. The van der Waals surface area contributed by atoms with E-state index in [2.05, 4.69) is 42.4 Å². The molecular weight excluding hydrogens is 278 g/mol. The predicted octanol–water partition coefficient (Wildman–Crippen LogP) is 2.48. The fourth-order valence-corrected chi connectivity index (χ4v) is 2.84. The summed E-state index contributed by atoms with van der Waals surface area (Å²) in [7, 11) is 0. The molecule has 1 saturated heterocycles. The Morgan fingerprint density at radius 2 is 2.05 bits per heavy atom. The molecule has 22 heavy (non-hydrogen) atoms. The number of carbonyl (C=O) groups is 1. The lowest BCUT2D eigenvalue weighted by molar-refractivity contribution is -0.0672. The second kappa shape index (κ2) is 8.15. The number of morpholine rings is 1. The number of hydrogen-bond acceptors (Lipinski definition) is 3. The van der Waals surface area contributed by atoms with Gasteiger partial charge in [0.05, 0.1) is 12.2 Å². The molecule has 1 aliphatic rings. The molecule has 2 amide bonds. The van der Waals surface area contributed by atoms with Crippen molar-refractivity contribution in [3.8, 4) is 0 Å². The highest BCUT2D eigenvalue weighted by molar-refractivity contribution is 5.89. The number of nitrogens with one attached hydrogen (secondary N) is 2. The molecule has 0 aliphatic carbocycles. The topological polar surface area (TPSA) is 53.6 Å². The summed E-state index contributed by atoms with van der Waals surface area (Å²) in [6.07, 6.45) is 1.48. The maximum Gasteiger partial charge on any atom is 0.319 e. The molecule has 122 valence electrons. The summed E-state index contributed by atoms with van der Waals surface area (Å²) in [5.41, 5.74) is 2.06. The third-order valence-electron chi connectivity index (χ3n) is 3.80. The fraction of sp³-hybridized carbons (Fsp3) is 0.588. The summed E-state index contributed by atoms with van der Waals surface area (Å²) in [6, 6.07) is 7.78. The normalized spacial score (nSPS) is 22.3. The molecule has 0 unspecified atom stereocenters. The third kappa shape index (κ3) is 5.31. The van der Waals surface area contributed by atoms with Crippen LogP contribution < -0.4 is 10.6 Å². The zero-order valence-electron chi connectivity index (χ0n) is 13.8. The zero-order valence-corrected chi connectivity index (χ0v) is 13.8. The van der Waals surface area contributed by atoms with Crippen molar-refractivity contribution >= 4 is 11.7 Å². The van der Waals surface area contributed by atoms with Gasteiger partial charge in [-0.25, -0.2) is 4.79 Å². The molecule has 1 heterocycles. The number of rotatable bonds is 5. The van der Waals surface area contributed by atoms with E-state index < -0.39 is 0 Å². The molecule has 0 saturated carbocycles. The van der Waals surface area contributed by atoms with Crippen LogP contribution in [0.25, 0.3) is 0 Å². The second-order valence-corrected chi connectivity index (χ2v) is 5.95. The summed E-state index contributed by atoms with van der Waals surface area (Å²) in [5.74, 6) is 0. The Kier molecular flexibility index (Phi) is 6.21. The van der Waals surface area contributed by atoms with E-state index in [0.29, 0.717) is 6.54 Å². The lowest BCUT2D eigenvalue weighted by atomic mass is 10.1. The number of carbonyl (C=O) groups excluding carboxylic acids is 1. The molecule has 0 radical (unpaired) electrons. The zero-order chi connectivity index (χ0) is 15.9. The molecule has 0 aromatic heterocycles. The summed E-state index contributed by atoms with van der Waals surface area (Å²) < 4.78 is 5.70. The molecule has 5 nitrogen and oxygen atoms in total. The monoisotopic (exact) mass is 305 g/mol. The molecule has 0 bridgehead atoms. The van der Waals surface area contributed by atoms with E-state index >= 15 is 0 Å². The highest BCUT2D eigenvalue weighted by Gasteiger charge is 2.21. The Labute approximate surface area is 133 Å². The van der Waals surface area contributed by atoms with Crippen molar-refractivity contribution in [1.29, 1.82) is 0 Å². The van der Waals surface area contributed by atoms with Crippen LogP contribution in [-0.4, -0.2) is 49.3 Å². The van der Waals surface area contributed by atoms with Gasteiger partial charge in [-0.3, -0.25) is 4.90 Å². The average molecular weight is 305 g/mol. The molecule has 1 fully saturated rings. The number of urea groups is 1. The molecular formula is C17H27N3O2. The van der Waals surface area contributed by atoms with Crippen molar-refractivity contribution in [2.24, 2.45) is 0 Å². The number of aryl methyl sites for hydroxylation is 1. The maximum absolute atomic E-state index is 11.9. The molecule has 1 aromatic carbocycles. The summed E-state index contributed by atoms with van der Waals surface area (Å²) in [5, 5.41) is 5.79. The lowest BCUT2D eigenvalue weighted by Crippen LogP contribution is -2.48. The number of nitrogens with zero attached hydrogens (tertiary/aromatic N) is 1. The van der Waals surface area contributed by atoms with Gasteiger partial charge in [-0.2, -0.15) is 0 Å². The van der Waals surface area contributed by atoms with Crippen molar-refractivity contribution in [2.45, 2.75) is 39.4 Å². The van der Waals surface area contributed by atoms with Crippen LogP contribution in [0.5, 0.6) is 0 Å². The highest BCUT2D eigenvalue weighted by Crippen LogP contribution is 2.11. The Morgan fingerprint density at radius 1 is 1.32 bits per heavy atom. The van der Waals surface area contributed by atoms with Crippen LogP contribution in [-0.2, 0) is 11.2 Å². The number of anilines is 1. The van der Waals surface area contributed by atoms with Crippen LogP contribution in [0, 0.1) is 0 Å². The summed E-state index contributed by atoms with van der Waals surface area (Å²) in [6.45, 7) is 9.61. The van der Waals surface area contributed by atoms with Gasteiger partial charge < -0.3 is 15.4 Å². The van der Waals surface area contributed by atoms with E-state index in [4.69, 9.17) is 4.74 Å². The van der Waals surface area contributed by atoms with E-state index in [1.54, 1.807) is 0 Å². The van der Waals surface area contributed by atoms with Crippen molar-refractivity contribution in [2.75, 3.05) is 31.5 Å². The Hall–Kier alpha value is -1.59. The molecule has 1 aromatic rings. The first-order chi connectivity index (χ1) is 10.6. The van der Waals surface area contributed by atoms with Gasteiger partial charge >= 0.3 is 6.03 Å². The lowest BCUT2D eigenvalue weighted by Gasteiger charge is -2.35. The first kappa shape index (κ1) is 16.8. The highest BCUT2D eigenvalue weighted by atomic mass is 16.5. The molecule has 5 heteroatoms. The summed E-state index contributed by atoms with van der Waals surface area (Å²) in [4.78, 5) is 14.2. The van der Waals surface area contributed by atoms with E-state index in [1.165, 1.54) is 5.56 Å². The van der Waals surface area contributed by atoms with E-state index in [1.807, 2.05) is 18.2 Å². The van der Waals surface area contributed by atoms with Crippen LogP contribution in [0.1, 0.15) is 26.3 Å². The van der Waals surface area contributed by atoms with Gasteiger partial charge in [0.2, 0.25) is 0 Å². The van der Waals surface area contributed by atoms with Crippen LogP contribution in [0.15, 0.2) is 24.3 Å². The maximum atomic E-state index is 11.9. The van der Waals surface area contributed by atoms with Crippen molar-refractivity contribution in [3.05, 3.63) is 29.8 Å². The first-order valence-corrected chi connectivity index (χ1v) is 8.08. The number of benzene rings is 1. The minimum absolute atomic E-state index is 0.150. The van der Waals surface area contributed by atoms with Crippen molar-refractivity contribution < 1.29 is 9.53 Å². The largest absolute Gasteiger partial charge is 0.373 e. The number of ether oxygens (including phenoxy) is 1. The fourth-order valence-electron chi connectivity index (χ4n) is 2.84. The van der Waals surface area contributed by atoms with Crippen LogP contribution in [0.4, 0.5) is 10.5 Å². The summed E-state index contributed by atoms with van der Waals surface area (Å²) >= 11 is 0. The van der Waals surface area contributed by atoms with E-state index in [0.717, 1.165) is 31.7 Å². The van der Waals surface area contributed by atoms with E-state index in [9.17, 15) is 4.79 Å². The van der Waals surface area contributed by atoms with E-state index in [-0.39, 0.29) is 18.2 Å². The molecule has 2 atom stereocenters. The number of amides is 2. The number of hydrogen-bond donors (Lipinski definition) is 2. The quantitative estimate of drug-likeness (QED) is 0.879. The standard InChI is InChI=1S/C17H27N3O2/c1-4-15-6-5-7-16(10-15)19-17(21)18-8-9-20-11-13(2)22-14(3)12-20/h5-7,10,13-14H,4,8-9,11-12H2,1-3H3,(H2,18,19,21)/t13-,14-/m0/s1. The van der Waals surface area contributed by atoms with Gasteiger partial charge in [0.1, 0.15) is 0 Å². The van der Waals surface area contributed by atoms with Gasteiger partial charge in [0, 0.05) is 31.9 Å². The van der Waals surface area contributed by atoms with Gasteiger partial charge in [-0.05, 0) is 38.0 Å². The second-order valence-electron chi connectivity index (χ2n) is 5.95. The molecule has 2 rings (SSSR count). The SMILES string of the molecule is CCc1cccc(NC(=O)NCCN2C[C@H](C)O[C@@H](C)C2)c1. The van der Waals surface area contributed by atoms with Crippen LogP contribution in [0.2, 0.25) is 0 Å². The first-order valence-electron chi connectivity index (χ1n) is 8.08. The van der Waals surface area contributed by atoms with Crippen molar-refractivity contribution in [1.82, 2.24) is 10.2 Å². The molecule has 0 spiro atoms. The Morgan fingerprint density at radius 3 is 2.73 bits per heavy atom. The Bertz CT molecular complexity index is 483. The Balaban J connectivity index is 1.71. The molecule has 1 aliphatic heterocycles. The predicted molar refractivity (Wildman–Crippen MR) is 89.3 cm³/mol.